The summed E-state index contributed by atoms with van der Waals surface area (Å²) in [6.45, 7) is -2.83. The van der Waals surface area contributed by atoms with Crippen LogP contribution in [0.25, 0.3) is 11.3 Å². The molecule has 29 heavy (non-hydrogen) atoms. The van der Waals surface area contributed by atoms with Crippen molar-refractivity contribution in [3.05, 3.63) is 36.0 Å². The van der Waals surface area contributed by atoms with Gasteiger partial charge in [0.25, 0.3) is 5.91 Å². The first kappa shape index (κ1) is 21.1. The zero-order valence-electron chi connectivity index (χ0n) is 15.1. The summed E-state index contributed by atoms with van der Waals surface area (Å²) in [4.78, 5) is 12.1. The highest BCUT2D eigenvalue weighted by molar-refractivity contribution is 7.91. The van der Waals surface area contributed by atoms with E-state index in [1.54, 1.807) is 11.5 Å². The van der Waals surface area contributed by atoms with Crippen LogP contribution >= 0.6 is 0 Å². The van der Waals surface area contributed by atoms with Gasteiger partial charge >= 0.3 is 6.61 Å². The number of sulfone groups is 1. The average Bonchev–Trinajstić information content (AvgIpc) is 3.16. The molecule has 0 radical (unpaired) electrons. The van der Waals surface area contributed by atoms with Crippen LogP contribution in [0.1, 0.15) is 18.5 Å². The van der Waals surface area contributed by atoms with E-state index in [1.165, 1.54) is 24.3 Å². The Hall–Kier alpha value is -2.57. The predicted molar refractivity (Wildman–Crippen MR) is 96.0 cm³/mol. The molecule has 0 saturated carbocycles. The number of carbonyl (C=O) groups is 1. The van der Waals surface area contributed by atoms with Gasteiger partial charge in [-0.05, 0) is 37.1 Å². The van der Waals surface area contributed by atoms with Crippen molar-refractivity contribution in [2.45, 2.75) is 31.5 Å². The zero-order chi connectivity index (χ0) is 21.1. The SMILES string of the molecule is O=C(NO)C1(NCc2cc(-c3ccc(OC(F)F)cc3)on2)CCS(=O)(=O)CC1. The van der Waals surface area contributed by atoms with Gasteiger partial charge in [0.05, 0.1) is 17.2 Å². The maximum Gasteiger partial charge on any atom is 0.387 e. The molecule has 0 atom stereocenters. The molecule has 0 spiro atoms. The number of ether oxygens (including phenoxy) is 1. The lowest BCUT2D eigenvalue weighted by molar-refractivity contribution is -0.136. The highest BCUT2D eigenvalue weighted by atomic mass is 32.2. The number of rotatable bonds is 7. The van der Waals surface area contributed by atoms with E-state index < -0.39 is 27.9 Å². The molecule has 1 fully saturated rings. The molecule has 1 aromatic carbocycles. The van der Waals surface area contributed by atoms with Crippen LogP contribution < -0.4 is 15.5 Å². The van der Waals surface area contributed by atoms with Crippen LogP contribution in [0.2, 0.25) is 0 Å². The van der Waals surface area contributed by atoms with Crippen LogP contribution in [0.5, 0.6) is 5.75 Å². The Morgan fingerprint density at radius 3 is 2.52 bits per heavy atom. The van der Waals surface area contributed by atoms with Crippen LogP contribution in [-0.4, -0.2) is 48.3 Å². The molecule has 1 aliphatic heterocycles. The first-order chi connectivity index (χ1) is 13.7. The van der Waals surface area contributed by atoms with E-state index in [-0.39, 0.29) is 36.6 Å². The average molecular weight is 431 g/mol. The normalized spacial score (nSPS) is 17.8. The van der Waals surface area contributed by atoms with Gasteiger partial charge in [-0.2, -0.15) is 8.78 Å². The van der Waals surface area contributed by atoms with Gasteiger partial charge in [0.15, 0.2) is 5.76 Å². The smallest absolute Gasteiger partial charge is 0.387 e. The summed E-state index contributed by atoms with van der Waals surface area (Å²) in [6, 6.07) is 7.39. The van der Waals surface area contributed by atoms with Gasteiger partial charge in [-0.1, -0.05) is 5.16 Å². The number of alkyl halides is 2. The summed E-state index contributed by atoms with van der Waals surface area (Å²) in [7, 11) is -3.21. The van der Waals surface area contributed by atoms with Crippen LogP contribution in [0.15, 0.2) is 34.9 Å². The predicted octanol–water partition coefficient (Wildman–Crippen LogP) is 1.49. The van der Waals surface area contributed by atoms with Crippen molar-refractivity contribution in [3.63, 3.8) is 0 Å². The van der Waals surface area contributed by atoms with Gasteiger partial charge in [0.2, 0.25) is 0 Å². The van der Waals surface area contributed by atoms with Crippen LogP contribution in [0.4, 0.5) is 8.78 Å². The topological polar surface area (TPSA) is 131 Å². The van der Waals surface area contributed by atoms with Gasteiger partial charge in [-0.25, -0.2) is 13.9 Å². The zero-order valence-corrected chi connectivity index (χ0v) is 15.9. The molecule has 158 valence electrons. The molecule has 0 unspecified atom stereocenters. The van der Waals surface area contributed by atoms with Crippen molar-refractivity contribution in [1.29, 1.82) is 0 Å². The van der Waals surface area contributed by atoms with Crippen molar-refractivity contribution in [1.82, 2.24) is 16.0 Å². The molecular formula is C17H19F2N3O6S. The summed E-state index contributed by atoms with van der Waals surface area (Å²) in [5.41, 5.74) is 1.36. The fourth-order valence-corrected chi connectivity index (χ4v) is 4.59. The number of halogens is 2. The summed E-state index contributed by atoms with van der Waals surface area (Å²) < 4.78 is 57.3. The maximum absolute atomic E-state index is 12.2. The third-order valence-electron chi connectivity index (χ3n) is 4.75. The fraction of sp³-hybridized carbons (Fsp3) is 0.412. The largest absolute Gasteiger partial charge is 0.435 e. The highest BCUT2D eigenvalue weighted by Gasteiger charge is 2.43. The maximum atomic E-state index is 12.2. The lowest BCUT2D eigenvalue weighted by Crippen LogP contribution is -2.59. The first-order valence-corrected chi connectivity index (χ1v) is 10.5. The van der Waals surface area contributed by atoms with E-state index in [9.17, 15) is 22.0 Å². The van der Waals surface area contributed by atoms with Gasteiger partial charge in [0, 0.05) is 18.2 Å². The van der Waals surface area contributed by atoms with Crippen LogP contribution in [0.3, 0.4) is 0 Å². The molecule has 1 aliphatic rings. The van der Waals surface area contributed by atoms with Crippen molar-refractivity contribution in [3.8, 4) is 17.1 Å². The Morgan fingerprint density at radius 2 is 1.93 bits per heavy atom. The lowest BCUT2D eigenvalue weighted by atomic mass is 9.91. The quantitative estimate of drug-likeness (QED) is 0.444. The number of hydrogen-bond acceptors (Lipinski definition) is 8. The highest BCUT2D eigenvalue weighted by Crippen LogP contribution is 2.27. The third-order valence-corrected chi connectivity index (χ3v) is 6.40. The van der Waals surface area contributed by atoms with Gasteiger partial charge in [-0.3, -0.25) is 15.3 Å². The Balaban J connectivity index is 1.68. The molecule has 0 aliphatic carbocycles. The molecule has 2 heterocycles. The number of nitrogens with zero attached hydrogens (tertiary/aromatic N) is 1. The number of nitrogens with one attached hydrogen (secondary N) is 2. The second-order valence-electron chi connectivity index (χ2n) is 6.61. The standard InChI is InChI=1S/C17H19F2N3O6S/c18-16(19)27-13-3-1-11(2-4-13)14-9-12(22-28-14)10-20-17(15(23)21-24)5-7-29(25,26)8-6-17/h1-4,9,16,20,24H,5-8,10H2,(H,21,23). The molecule has 2 aromatic rings. The van der Waals surface area contributed by atoms with E-state index in [0.717, 1.165) is 0 Å². The van der Waals surface area contributed by atoms with Crippen LogP contribution in [-0.2, 0) is 21.2 Å². The summed E-state index contributed by atoms with van der Waals surface area (Å²) >= 11 is 0. The van der Waals surface area contributed by atoms with Gasteiger partial charge in [-0.15, -0.1) is 0 Å². The molecule has 9 nitrogen and oxygen atoms in total. The molecule has 3 rings (SSSR count). The summed E-state index contributed by atoms with van der Waals surface area (Å²) in [6.07, 6.45) is 0.0239. The second-order valence-corrected chi connectivity index (χ2v) is 8.92. The summed E-state index contributed by atoms with van der Waals surface area (Å²) in [5.74, 6) is -0.688. The van der Waals surface area contributed by atoms with Crippen molar-refractivity contribution in [2.75, 3.05) is 11.5 Å². The molecule has 12 heteroatoms. The number of amides is 1. The van der Waals surface area contributed by atoms with Gasteiger partial charge in [0.1, 0.15) is 21.1 Å². The minimum atomic E-state index is -3.21. The number of aromatic nitrogens is 1. The Labute approximate surface area is 164 Å². The van der Waals surface area contributed by atoms with Crippen molar-refractivity contribution >= 4 is 15.7 Å². The molecule has 1 saturated heterocycles. The Bertz CT molecular complexity index is 948. The van der Waals surface area contributed by atoms with E-state index in [1.807, 2.05) is 0 Å². The molecule has 3 N–H and O–H groups in total. The van der Waals surface area contributed by atoms with E-state index in [4.69, 9.17) is 9.73 Å². The number of hydroxylamine groups is 1. The number of benzene rings is 1. The van der Waals surface area contributed by atoms with E-state index >= 15 is 0 Å². The molecule has 1 aromatic heterocycles. The molecule has 0 bridgehead atoms. The minimum Gasteiger partial charge on any atom is -0.435 e. The number of carbonyl (C=O) groups excluding carboxylic acids is 1. The second kappa shape index (κ2) is 8.43. The number of hydrogen-bond donors (Lipinski definition) is 3. The van der Waals surface area contributed by atoms with Crippen LogP contribution in [0, 0.1) is 0 Å². The van der Waals surface area contributed by atoms with E-state index in [0.29, 0.717) is 17.0 Å². The van der Waals surface area contributed by atoms with Gasteiger partial charge < -0.3 is 9.26 Å². The third kappa shape index (κ3) is 5.08. The molecule has 1 amide bonds. The lowest BCUT2D eigenvalue weighted by Gasteiger charge is -2.35. The Morgan fingerprint density at radius 1 is 1.28 bits per heavy atom. The monoisotopic (exact) mass is 431 g/mol. The minimum absolute atomic E-state index is 0.00867. The Kier molecular flexibility index (Phi) is 6.15. The molecular weight excluding hydrogens is 412 g/mol. The fourth-order valence-electron chi connectivity index (χ4n) is 3.07. The van der Waals surface area contributed by atoms with E-state index in [2.05, 4.69) is 15.2 Å². The van der Waals surface area contributed by atoms with Crippen molar-refractivity contribution in [2.24, 2.45) is 0 Å². The summed E-state index contributed by atoms with van der Waals surface area (Å²) in [5, 5.41) is 15.9. The first-order valence-electron chi connectivity index (χ1n) is 8.64. The van der Waals surface area contributed by atoms with Crippen molar-refractivity contribution < 1.29 is 36.5 Å².